The number of hydrogen-bond donors (Lipinski definition) is 2. The van der Waals surface area contributed by atoms with Crippen LogP contribution in [0.3, 0.4) is 0 Å². The monoisotopic (exact) mass is 334 g/mol. The first-order valence-electron chi connectivity index (χ1n) is 8.42. The van der Waals surface area contributed by atoms with Gasteiger partial charge in [-0.15, -0.1) is 11.8 Å². The van der Waals surface area contributed by atoms with E-state index in [9.17, 15) is 9.59 Å². The normalized spacial score (nSPS) is 16.6. The number of rotatable bonds is 6. The Morgan fingerprint density at radius 3 is 2.17 bits per heavy atom. The van der Waals surface area contributed by atoms with Gasteiger partial charge in [0.05, 0.1) is 5.25 Å². The number of nitrogens with one attached hydrogen (secondary N) is 2. The Balaban J connectivity index is 1.89. The molecule has 1 aromatic carbocycles. The van der Waals surface area contributed by atoms with Gasteiger partial charge in [-0.3, -0.25) is 9.59 Å². The number of benzene rings is 1. The minimum Gasteiger partial charge on any atom is -0.326 e. The van der Waals surface area contributed by atoms with E-state index in [1.54, 1.807) is 12.1 Å². The summed E-state index contributed by atoms with van der Waals surface area (Å²) in [5.41, 5.74) is 1.51. The Bertz CT molecular complexity index is 524. The predicted molar refractivity (Wildman–Crippen MR) is 97.9 cm³/mol. The van der Waals surface area contributed by atoms with E-state index in [0.29, 0.717) is 5.25 Å². The van der Waals surface area contributed by atoms with E-state index < -0.39 is 0 Å². The van der Waals surface area contributed by atoms with Crippen LogP contribution >= 0.6 is 11.8 Å². The standard InChI is InChI=1S/C18H26N2O2S/c1-3-17(23-16-7-5-4-6-8-16)18(22)20-15-11-9-14(10-12-15)19-13(2)21/h9-12,16-17H,3-8H2,1-2H3,(H,19,21)(H,20,22). The maximum Gasteiger partial charge on any atom is 0.237 e. The van der Waals surface area contributed by atoms with Crippen LogP contribution in [0.1, 0.15) is 52.4 Å². The summed E-state index contributed by atoms with van der Waals surface area (Å²) < 4.78 is 0. The first kappa shape index (κ1) is 17.9. The molecule has 0 radical (unpaired) electrons. The van der Waals surface area contributed by atoms with Gasteiger partial charge in [0, 0.05) is 23.5 Å². The zero-order chi connectivity index (χ0) is 16.7. The molecule has 0 bridgehead atoms. The summed E-state index contributed by atoms with van der Waals surface area (Å²) in [6.07, 6.45) is 7.23. The molecule has 1 aromatic rings. The third-order valence-corrected chi connectivity index (χ3v) is 5.78. The number of amides is 2. The number of thioether (sulfide) groups is 1. The topological polar surface area (TPSA) is 58.2 Å². The van der Waals surface area contributed by atoms with Crippen LogP contribution in [0, 0.1) is 0 Å². The number of anilines is 2. The highest BCUT2D eigenvalue weighted by molar-refractivity contribution is 8.01. The zero-order valence-corrected chi connectivity index (χ0v) is 14.7. The number of carbonyl (C=O) groups is 2. The van der Waals surface area contributed by atoms with Crippen LogP contribution in [0.4, 0.5) is 11.4 Å². The highest BCUT2D eigenvalue weighted by atomic mass is 32.2. The van der Waals surface area contributed by atoms with E-state index in [1.165, 1.54) is 39.0 Å². The van der Waals surface area contributed by atoms with Gasteiger partial charge in [-0.2, -0.15) is 0 Å². The number of carbonyl (C=O) groups excluding carboxylic acids is 2. The molecule has 1 aliphatic carbocycles. The van der Waals surface area contributed by atoms with Gasteiger partial charge in [-0.05, 0) is 43.5 Å². The molecule has 5 heteroatoms. The van der Waals surface area contributed by atoms with Gasteiger partial charge in [0.1, 0.15) is 0 Å². The van der Waals surface area contributed by atoms with Crippen LogP contribution in [0.15, 0.2) is 24.3 Å². The van der Waals surface area contributed by atoms with Crippen molar-refractivity contribution in [1.82, 2.24) is 0 Å². The molecule has 2 amide bonds. The van der Waals surface area contributed by atoms with Crippen molar-refractivity contribution in [3.8, 4) is 0 Å². The molecule has 1 unspecified atom stereocenters. The van der Waals surface area contributed by atoms with Crippen molar-refractivity contribution in [2.45, 2.75) is 62.9 Å². The molecule has 0 heterocycles. The van der Waals surface area contributed by atoms with Gasteiger partial charge in [0.15, 0.2) is 0 Å². The van der Waals surface area contributed by atoms with Gasteiger partial charge >= 0.3 is 0 Å². The van der Waals surface area contributed by atoms with Crippen LogP contribution in [-0.2, 0) is 9.59 Å². The average Bonchev–Trinajstić information content (AvgIpc) is 2.55. The minimum absolute atomic E-state index is 0.00752. The van der Waals surface area contributed by atoms with Gasteiger partial charge in [0.2, 0.25) is 11.8 Å². The summed E-state index contributed by atoms with van der Waals surface area (Å²) in [4.78, 5) is 23.5. The van der Waals surface area contributed by atoms with Crippen LogP contribution in [0.5, 0.6) is 0 Å². The smallest absolute Gasteiger partial charge is 0.237 e. The summed E-state index contributed by atoms with van der Waals surface area (Å²) in [7, 11) is 0. The second-order valence-electron chi connectivity index (χ2n) is 6.04. The molecule has 0 spiro atoms. The Hall–Kier alpha value is -1.49. The van der Waals surface area contributed by atoms with Crippen molar-refractivity contribution in [2.75, 3.05) is 10.6 Å². The van der Waals surface area contributed by atoms with Crippen molar-refractivity contribution in [1.29, 1.82) is 0 Å². The van der Waals surface area contributed by atoms with E-state index in [1.807, 2.05) is 23.9 Å². The molecular weight excluding hydrogens is 308 g/mol. The zero-order valence-electron chi connectivity index (χ0n) is 13.9. The van der Waals surface area contributed by atoms with E-state index in [4.69, 9.17) is 0 Å². The van der Waals surface area contributed by atoms with Crippen LogP contribution < -0.4 is 10.6 Å². The van der Waals surface area contributed by atoms with E-state index in [2.05, 4.69) is 17.6 Å². The minimum atomic E-state index is -0.100. The quantitative estimate of drug-likeness (QED) is 0.809. The molecule has 2 rings (SSSR count). The highest BCUT2D eigenvalue weighted by Gasteiger charge is 2.23. The second-order valence-corrected chi connectivity index (χ2v) is 7.55. The second kappa shape index (κ2) is 8.96. The summed E-state index contributed by atoms with van der Waals surface area (Å²) in [6.45, 7) is 3.55. The first-order chi connectivity index (χ1) is 11.1. The number of hydrogen-bond acceptors (Lipinski definition) is 3. The fourth-order valence-electron chi connectivity index (χ4n) is 2.84. The van der Waals surface area contributed by atoms with E-state index >= 15 is 0 Å². The Labute approximate surface area is 142 Å². The van der Waals surface area contributed by atoms with Crippen LogP contribution in [0.25, 0.3) is 0 Å². The lowest BCUT2D eigenvalue weighted by atomic mass is 10.0. The molecule has 2 N–H and O–H groups in total. The molecule has 4 nitrogen and oxygen atoms in total. The Morgan fingerprint density at radius 1 is 1.09 bits per heavy atom. The van der Waals surface area contributed by atoms with Gasteiger partial charge < -0.3 is 10.6 Å². The average molecular weight is 334 g/mol. The Morgan fingerprint density at radius 2 is 1.65 bits per heavy atom. The van der Waals surface area contributed by atoms with E-state index in [-0.39, 0.29) is 17.1 Å². The Kier molecular flexibility index (Phi) is 6.96. The van der Waals surface area contributed by atoms with Gasteiger partial charge in [0.25, 0.3) is 0 Å². The summed E-state index contributed by atoms with van der Waals surface area (Å²) in [5.74, 6) is -0.0212. The lowest BCUT2D eigenvalue weighted by molar-refractivity contribution is -0.116. The maximum atomic E-state index is 12.5. The molecule has 1 saturated carbocycles. The lowest BCUT2D eigenvalue weighted by Crippen LogP contribution is -2.27. The lowest BCUT2D eigenvalue weighted by Gasteiger charge is -2.25. The van der Waals surface area contributed by atoms with Gasteiger partial charge in [-0.1, -0.05) is 26.2 Å². The van der Waals surface area contributed by atoms with Crippen LogP contribution in [0.2, 0.25) is 0 Å². The van der Waals surface area contributed by atoms with Crippen molar-refractivity contribution < 1.29 is 9.59 Å². The third kappa shape index (κ3) is 5.90. The largest absolute Gasteiger partial charge is 0.326 e. The molecule has 0 saturated heterocycles. The molecule has 0 aliphatic heterocycles. The maximum absolute atomic E-state index is 12.5. The fourth-order valence-corrected chi connectivity index (χ4v) is 4.28. The molecule has 1 fully saturated rings. The molecule has 23 heavy (non-hydrogen) atoms. The molecule has 1 atom stereocenters. The SMILES string of the molecule is CCC(SC1CCCCC1)C(=O)Nc1ccc(NC(C)=O)cc1. The molecule has 1 aliphatic rings. The van der Waals surface area contributed by atoms with Crippen molar-refractivity contribution in [2.24, 2.45) is 0 Å². The summed E-state index contributed by atoms with van der Waals surface area (Å²) >= 11 is 1.84. The summed E-state index contributed by atoms with van der Waals surface area (Å²) in [6, 6.07) is 7.24. The third-order valence-electron chi connectivity index (χ3n) is 4.04. The fraction of sp³-hybridized carbons (Fsp3) is 0.556. The molecule has 0 aromatic heterocycles. The van der Waals surface area contributed by atoms with E-state index in [0.717, 1.165) is 17.8 Å². The van der Waals surface area contributed by atoms with Crippen molar-refractivity contribution in [3.05, 3.63) is 24.3 Å². The highest BCUT2D eigenvalue weighted by Crippen LogP contribution is 2.32. The molecular formula is C18H26N2O2S. The van der Waals surface area contributed by atoms with Crippen LogP contribution in [-0.4, -0.2) is 22.3 Å². The van der Waals surface area contributed by atoms with Gasteiger partial charge in [-0.25, -0.2) is 0 Å². The molecule has 126 valence electrons. The summed E-state index contributed by atoms with van der Waals surface area (Å²) in [5, 5.41) is 6.34. The van der Waals surface area contributed by atoms with Crippen molar-refractivity contribution in [3.63, 3.8) is 0 Å². The predicted octanol–water partition coefficient (Wildman–Crippen LogP) is 4.43. The van der Waals surface area contributed by atoms with Crippen molar-refractivity contribution >= 4 is 35.0 Å². The first-order valence-corrected chi connectivity index (χ1v) is 9.36.